The molecule has 82 valence electrons. The molecule has 0 saturated carbocycles. The molecule has 0 aliphatic heterocycles. The summed E-state index contributed by atoms with van der Waals surface area (Å²) in [5.41, 5.74) is -1.69. The van der Waals surface area contributed by atoms with Crippen LogP contribution in [-0.4, -0.2) is 32.9 Å². The van der Waals surface area contributed by atoms with Crippen molar-refractivity contribution >= 4 is 11.9 Å². The van der Waals surface area contributed by atoms with Crippen molar-refractivity contribution in [2.75, 3.05) is 0 Å². The molecule has 0 spiro atoms. The molecular formula is C9H16O5. The Labute approximate surface area is 82.4 Å². The summed E-state index contributed by atoms with van der Waals surface area (Å²) in [7, 11) is 0. The van der Waals surface area contributed by atoms with Crippen molar-refractivity contribution in [2.45, 2.75) is 38.7 Å². The van der Waals surface area contributed by atoms with Gasteiger partial charge in [-0.25, -0.2) is 0 Å². The number of rotatable bonds is 6. The van der Waals surface area contributed by atoms with Crippen molar-refractivity contribution in [3.63, 3.8) is 0 Å². The zero-order chi connectivity index (χ0) is 11.4. The molecule has 0 aliphatic rings. The second-order valence-corrected chi connectivity index (χ2v) is 3.57. The molecule has 5 heteroatoms. The van der Waals surface area contributed by atoms with Gasteiger partial charge in [-0.05, 0) is 13.3 Å². The molecule has 5 nitrogen and oxygen atoms in total. The van der Waals surface area contributed by atoms with Crippen LogP contribution >= 0.6 is 0 Å². The number of carboxylic acids is 2. The summed E-state index contributed by atoms with van der Waals surface area (Å²) < 4.78 is 0. The predicted molar refractivity (Wildman–Crippen MR) is 48.9 cm³/mol. The van der Waals surface area contributed by atoms with Gasteiger partial charge in [0.25, 0.3) is 0 Å². The normalized spacial score (nSPS) is 15.1. The Morgan fingerprint density at radius 1 is 1.29 bits per heavy atom. The summed E-state index contributed by atoms with van der Waals surface area (Å²) in [4.78, 5) is 21.2. The number of hydrogen-bond donors (Lipinski definition) is 3. The molecule has 0 aromatic rings. The van der Waals surface area contributed by atoms with Crippen molar-refractivity contribution in [3.8, 4) is 0 Å². The maximum Gasteiger partial charge on any atom is 0.320 e. The van der Waals surface area contributed by atoms with E-state index in [4.69, 9.17) is 10.2 Å². The maximum atomic E-state index is 10.6. The van der Waals surface area contributed by atoms with Crippen LogP contribution in [-0.2, 0) is 9.59 Å². The Morgan fingerprint density at radius 3 is 2.00 bits per heavy atom. The molecular weight excluding hydrogens is 188 g/mol. The maximum absolute atomic E-state index is 10.6. The van der Waals surface area contributed by atoms with Gasteiger partial charge in [-0.2, -0.15) is 0 Å². The van der Waals surface area contributed by atoms with E-state index in [0.29, 0.717) is 6.42 Å². The standard InChI is InChI=1S/C9H16O5/c1-3-4-5-9(2,14)6(7(10)11)8(12)13/h6,14H,3-5H2,1-2H3,(H,10,11)(H,12,13). The van der Waals surface area contributed by atoms with Crippen LogP contribution in [0.5, 0.6) is 0 Å². The van der Waals surface area contributed by atoms with Crippen molar-refractivity contribution in [3.05, 3.63) is 0 Å². The van der Waals surface area contributed by atoms with Gasteiger partial charge in [0.1, 0.15) is 0 Å². The lowest BCUT2D eigenvalue weighted by Crippen LogP contribution is -2.44. The number of carbonyl (C=O) groups is 2. The van der Waals surface area contributed by atoms with Crippen LogP contribution in [0.4, 0.5) is 0 Å². The lowest BCUT2D eigenvalue weighted by atomic mass is 9.85. The van der Waals surface area contributed by atoms with Gasteiger partial charge in [0.05, 0.1) is 5.60 Å². The topological polar surface area (TPSA) is 94.8 Å². The van der Waals surface area contributed by atoms with Gasteiger partial charge >= 0.3 is 11.9 Å². The highest BCUT2D eigenvalue weighted by atomic mass is 16.4. The van der Waals surface area contributed by atoms with E-state index in [9.17, 15) is 14.7 Å². The van der Waals surface area contributed by atoms with E-state index in [-0.39, 0.29) is 6.42 Å². The van der Waals surface area contributed by atoms with E-state index in [1.54, 1.807) is 0 Å². The van der Waals surface area contributed by atoms with E-state index < -0.39 is 23.5 Å². The van der Waals surface area contributed by atoms with Gasteiger partial charge < -0.3 is 15.3 Å². The highest BCUT2D eigenvalue weighted by Crippen LogP contribution is 2.24. The van der Waals surface area contributed by atoms with E-state index in [0.717, 1.165) is 6.42 Å². The molecule has 0 radical (unpaired) electrons. The van der Waals surface area contributed by atoms with E-state index in [1.165, 1.54) is 6.92 Å². The Balaban J connectivity index is 4.62. The summed E-state index contributed by atoms with van der Waals surface area (Å²) >= 11 is 0. The minimum atomic E-state index is -1.76. The van der Waals surface area contributed by atoms with Gasteiger partial charge in [0.15, 0.2) is 5.92 Å². The molecule has 0 saturated heterocycles. The molecule has 1 atom stereocenters. The fraction of sp³-hybridized carbons (Fsp3) is 0.778. The van der Waals surface area contributed by atoms with Crippen LogP contribution in [0, 0.1) is 5.92 Å². The SMILES string of the molecule is CCCCC(C)(O)C(C(=O)O)C(=O)O. The molecule has 0 amide bonds. The van der Waals surface area contributed by atoms with Crippen LogP contribution in [0.3, 0.4) is 0 Å². The Bertz CT molecular complexity index is 207. The van der Waals surface area contributed by atoms with Crippen LogP contribution in [0.1, 0.15) is 33.1 Å². The predicted octanol–water partition coefficient (Wildman–Crippen LogP) is 0.713. The van der Waals surface area contributed by atoms with Crippen molar-refractivity contribution in [2.24, 2.45) is 5.92 Å². The summed E-state index contributed by atoms with van der Waals surface area (Å²) in [5.74, 6) is -4.76. The minimum Gasteiger partial charge on any atom is -0.481 e. The molecule has 0 heterocycles. The van der Waals surface area contributed by atoms with Crippen LogP contribution < -0.4 is 0 Å². The third kappa shape index (κ3) is 3.33. The average molecular weight is 204 g/mol. The Kier molecular flexibility index (Phi) is 4.56. The highest BCUT2D eigenvalue weighted by molar-refractivity contribution is 5.94. The van der Waals surface area contributed by atoms with Crippen LogP contribution in [0.15, 0.2) is 0 Å². The highest BCUT2D eigenvalue weighted by Gasteiger charge is 2.42. The first-order chi connectivity index (χ1) is 6.33. The van der Waals surface area contributed by atoms with E-state index in [1.807, 2.05) is 6.92 Å². The third-order valence-electron chi connectivity index (χ3n) is 2.15. The van der Waals surface area contributed by atoms with Gasteiger partial charge in [-0.1, -0.05) is 19.8 Å². The Morgan fingerprint density at radius 2 is 1.71 bits per heavy atom. The largest absolute Gasteiger partial charge is 0.481 e. The first-order valence-corrected chi connectivity index (χ1v) is 4.51. The zero-order valence-electron chi connectivity index (χ0n) is 8.36. The fourth-order valence-electron chi connectivity index (χ4n) is 1.32. The summed E-state index contributed by atoms with van der Waals surface area (Å²) in [6, 6.07) is 0. The molecule has 3 N–H and O–H groups in total. The number of hydrogen-bond acceptors (Lipinski definition) is 3. The summed E-state index contributed by atoms with van der Waals surface area (Å²) in [5, 5.41) is 27.0. The summed E-state index contributed by atoms with van der Waals surface area (Å²) in [6.07, 6.45) is 1.55. The second kappa shape index (κ2) is 4.95. The minimum absolute atomic E-state index is 0.173. The number of unbranched alkanes of at least 4 members (excludes halogenated alkanes) is 1. The molecule has 0 aromatic carbocycles. The fourth-order valence-corrected chi connectivity index (χ4v) is 1.32. The quantitative estimate of drug-likeness (QED) is 0.554. The number of aliphatic carboxylic acids is 2. The lowest BCUT2D eigenvalue weighted by molar-refractivity contribution is -0.166. The molecule has 1 unspecified atom stereocenters. The lowest BCUT2D eigenvalue weighted by Gasteiger charge is -2.26. The van der Waals surface area contributed by atoms with Crippen LogP contribution in [0.2, 0.25) is 0 Å². The summed E-state index contributed by atoms with van der Waals surface area (Å²) in [6.45, 7) is 3.13. The van der Waals surface area contributed by atoms with Gasteiger partial charge in [0, 0.05) is 0 Å². The molecule has 0 aromatic heterocycles. The van der Waals surface area contributed by atoms with Gasteiger partial charge in [0.2, 0.25) is 0 Å². The monoisotopic (exact) mass is 204 g/mol. The molecule has 14 heavy (non-hydrogen) atoms. The molecule has 0 fully saturated rings. The van der Waals surface area contributed by atoms with Crippen molar-refractivity contribution in [1.82, 2.24) is 0 Å². The zero-order valence-corrected chi connectivity index (χ0v) is 8.36. The second-order valence-electron chi connectivity index (χ2n) is 3.57. The first-order valence-electron chi connectivity index (χ1n) is 4.51. The van der Waals surface area contributed by atoms with E-state index in [2.05, 4.69) is 0 Å². The van der Waals surface area contributed by atoms with Crippen molar-refractivity contribution < 1.29 is 24.9 Å². The van der Waals surface area contributed by atoms with Crippen molar-refractivity contribution in [1.29, 1.82) is 0 Å². The molecule has 0 rings (SSSR count). The van der Waals surface area contributed by atoms with Crippen LogP contribution in [0.25, 0.3) is 0 Å². The molecule has 0 bridgehead atoms. The molecule has 0 aliphatic carbocycles. The van der Waals surface area contributed by atoms with Gasteiger partial charge in [-0.15, -0.1) is 0 Å². The first kappa shape index (κ1) is 12.9. The number of carboxylic acid groups (broad SMARTS) is 2. The van der Waals surface area contributed by atoms with Gasteiger partial charge in [-0.3, -0.25) is 9.59 Å². The smallest absolute Gasteiger partial charge is 0.320 e. The number of aliphatic hydroxyl groups is 1. The van der Waals surface area contributed by atoms with E-state index >= 15 is 0 Å². The third-order valence-corrected chi connectivity index (χ3v) is 2.15. The average Bonchev–Trinajstić information content (AvgIpc) is 1.98. The Hall–Kier alpha value is -1.10.